The summed E-state index contributed by atoms with van der Waals surface area (Å²) in [5.41, 5.74) is 2.88. The van der Waals surface area contributed by atoms with Gasteiger partial charge in [0.2, 0.25) is 0 Å². The first-order valence-electron chi connectivity index (χ1n) is 6.41. The molecule has 0 amide bonds. The summed E-state index contributed by atoms with van der Waals surface area (Å²) < 4.78 is 0. The molecule has 21 heavy (non-hydrogen) atoms. The zero-order valence-corrected chi connectivity index (χ0v) is 12.6. The monoisotopic (exact) mass is 305 g/mol. The van der Waals surface area contributed by atoms with Gasteiger partial charge in [-0.3, -0.25) is 10.1 Å². The van der Waals surface area contributed by atoms with Gasteiger partial charge in [0.15, 0.2) is 0 Å². The molecule has 0 heterocycles. The van der Waals surface area contributed by atoms with Crippen LogP contribution in [-0.4, -0.2) is 19.0 Å². The molecule has 2 rings (SSSR count). The highest BCUT2D eigenvalue weighted by Crippen LogP contribution is 2.24. The first-order chi connectivity index (χ1) is 9.97. The number of rotatable bonds is 5. The van der Waals surface area contributed by atoms with Crippen molar-refractivity contribution in [1.82, 2.24) is 0 Å². The van der Waals surface area contributed by atoms with Crippen LogP contribution < -0.4 is 10.2 Å². The fourth-order valence-corrected chi connectivity index (χ4v) is 2.13. The highest BCUT2D eigenvalue weighted by molar-refractivity contribution is 6.31. The van der Waals surface area contributed by atoms with E-state index < -0.39 is 4.92 Å². The van der Waals surface area contributed by atoms with Crippen LogP contribution in [0.25, 0.3) is 0 Å². The van der Waals surface area contributed by atoms with Crippen LogP contribution in [0.2, 0.25) is 5.02 Å². The van der Waals surface area contributed by atoms with Gasteiger partial charge in [0.05, 0.1) is 9.95 Å². The van der Waals surface area contributed by atoms with Crippen molar-refractivity contribution in [2.24, 2.45) is 0 Å². The van der Waals surface area contributed by atoms with E-state index in [9.17, 15) is 10.1 Å². The van der Waals surface area contributed by atoms with Crippen molar-refractivity contribution in [1.29, 1.82) is 0 Å². The van der Waals surface area contributed by atoms with Gasteiger partial charge in [0.1, 0.15) is 0 Å². The number of halogens is 1. The maximum absolute atomic E-state index is 10.7. The minimum Gasteiger partial charge on any atom is -0.381 e. The zero-order chi connectivity index (χ0) is 15.4. The molecular formula is C15H16ClN3O2. The molecule has 1 N–H and O–H groups in total. The molecule has 0 aliphatic carbocycles. The molecule has 6 heteroatoms. The van der Waals surface area contributed by atoms with Gasteiger partial charge < -0.3 is 10.2 Å². The number of non-ortho nitro benzene ring substituents is 1. The summed E-state index contributed by atoms with van der Waals surface area (Å²) in [6.07, 6.45) is 0. The van der Waals surface area contributed by atoms with E-state index >= 15 is 0 Å². The third-order valence-electron chi connectivity index (χ3n) is 3.09. The molecule has 5 nitrogen and oxygen atoms in total. The van der Waals surface area contributed by atoms with Crippen molar-refractivity contribution in [3.8, 4) is 0 Å². The standard InChI is InChI=1S/C15H16ClN3O2/c1-18(2)13-5-3-4-12(8-13)17-10-11-6-7-14(19(20)21)9-15(11)16/h3-9,17H,10H2,1-2H3. The van der Waals surface area contributed by atoms with Gasteiger partial charge in [-0.15, -0.1) is 0 Å². The second-order valence-corrected chi connectivity index (χ2v) is 5.24. The summed E-state index contributed by atoms with van der Waals surface area (Å²) in [4.78, 5) is 12.2. The molecule has 2 aromatic rings. The predicted octanol–water partition coefficient (Wildman–Crippen LogP) is 3.93. The molecule has 0 bridgehead atoms. The zero-order valence-electron chi connectivity index (χ0n) is 11.8. The van der Waals surface area contributed by atoms with Crippen LogP contribution in [0.5, 0.6) is 0 Å². The molecule has 0 saturated carbocycles. The number of hydrogen-bond acceptors (Lipinski definition) is 4. The van der Waals surface area contributed by atoms with Crippen LogP contribution in [0.3, 0.4) is 0 Å². The van der Waals surface area contributed by atoms with E-state index in [0.717, 1.165) is 16.9 Å². The van der Waals surface area contributed by atoms with Gasteiger partial charge in [-0.1, -0.05) is 17.7 Å². The molecule has 110 valence electrons. The normalized spacial score (nSPS) is 10.2. The van der Waals surface area contributed by atoms with Crippen LogP contribution in [-0.2, 0) is 6.54 Å². The molecule has 0 atom stereocenters. The Labute approximate surface area is 128 Å². The summed E-state index contributed by atoms with van der Waals surface area (Å²) in [7, 11) is 3.96. The lowest BCUT2D eigenvalue weighted by Crippen LogP contribution is -2.09. The Kier molecular flexibility index (Phi) is 4.65. The Morgan fingerprint density at radius 1 is 1.24 bits per heavy atom. The third-order valence-corrected chi connectivity index (χ3v) is 3.44. The van der Waals surface area contributed by atoms with E-state index in [1.807, 2.05) is 43.3 Å². The molecule has 0 saturated heterocycles. The van der Waals surface area contributed by atoms with E-state index in [4.69, 9.17) is 11.6 Å². The second-order valence-electron chi connectivity index (χ2n) is 4.83. The van der Waals surface area contributed by atoms with E-state index in [0.29, 0.717) is 11.6 Å². The van der Waals surface area contributed by atoms with Gasteiger partial charge in [-0.05, 0) is 29.8 Å². The van der Waals surface area contributed by atoms with Gasteiger partial charge >= 0.3 is 0 Å². The topological polar surface area (TPSA) is 58.4 Å². The number of nitrogens with zero attached hydrogens (tertiary/aromatic N) is 2. The van der Waals surface area contributed by atoms with E-state index in [2.05, 4.69) is 5.32 Å². The molecule has 0 unspecified atom stereocenters. The third kappa shape index (κ3) is 3.86. The lowest BCUT2D eigenvalue weighted by atomic mass is 10.2. The molecule has 0 aliphatic heterocycles. The Balaban J connectivity index is 2.09. The van der Waals surface area contributed by atoms with Crippen molar-refractivity contribution in [2.45, 2.75) is 6.54 Å². The van der Waals surface area contributed by atoms with E-state index in [-0.39, 0.29) is 5.69 Å². The average Bonchev–Trinajstić information content (AvgIpc) is 2.46. The highest BCUT2D eigenvalue weighted by atomic mass is 35.5. The van der Waals surface area contributed by atoms with Crippen LogP contribution in [0.4, 0.5) is 17.1 Å². The second kappa shape index (κ2) is 6.45. The minimum absolute atomic E-state index is 0.00152. The summed E-state index contributed by atoms with van der Waals surface area (Å²) in [5, 5.41) is 14.3. The Morgan fingerprint density at radius 2 is 2.00 bits per heavy atom. The molecule has 0 spiro atoms. The fraction of sp³-hybridized carbons (Fsp3) is 0.200. The SMILES string of the molecule is CN(C)c1cccc(NCc2ccc([N+](=O)[O-])cc2Cl)c1. The maximum atomic E-state index is 10.7. The van der Waals surface area contributed by atoms with E-state index in [1.54, 1.807) is 6.07 Å². The lowest BCUT2D eigenvalue weighted by Gasteiger charge is -2.14. The van der Waals surface area contributed by atoms with Crippen LogP contribution in [0.15, 0.2) is 42.5 Å². The van der Waals surface area contributed by atoms with Crippen molar-refractivity contribution < 1.29 is 4.92 Å². The summed E-state index contributed by atoms with van der Waals surface area (Å²) in [5.74, 6) is 0. The largest absolute Gasteiger partial charge is 0.381 e. The summed E-state index contributed by atoms with van der Waals surface area (Å²) in [6, 6.07) is 12.5. The molecule has 0 radical (unpaired) electrons. The van der Waals surface area contributed by atoms with Crippen molar-refractivity contribution in [3.05, 3.63) is 63.2 Å². The number of nitro groups is 1. The van der Waals surface area contributed by atoms with E-state index in [1.165, 1.54) is 12.1 Å². The average molecular weight is 306 g/mol. The van der Waals surface area contributed by atoms with Crippen LogP contribution in [0.1, 0.15) is 5.56 Å². The Bertz CT molecular complexity index is 659. The van der Waals surface area contributed by atoms with Crippen molar-refractivity contribution in [3.63, 3.8) is 0 Å². The maximum Gasteiger partial charge on any atom is 0.270 e. The number of benzene rings is 2. The minimum atomic E-state index is -0.455. The fourth-order valence-electron chi connectivity index (χ4n) is 1.88. The first kappa shape index (κ1) is 15.1. The number of nitro benzene ring substituents is 1. The lowest BCUT2D eigenvalue weighted by molar-refractivity contribution is -0.384. The Morgan fingerprint density at radius 3 is 2.62 bits per heavy atom. The van der Waals surface area contributed by atoms with Gasteiger partial charge in [0, 0.05) is 44.1 Å². The van der Waals surface area contributed by atoms with Crippen molar-refractivity contribution in [2.75, 3.05) is 24.3 Å². The molecule has 0 aliphatic rings. The number of hydrogen-bond donors (Lipinski definition) is 1. The Hall–Kier alpha value is -2.27. The summed E-state index contributed by atoms with van der Waals surface area (Å²) >= 11 is 6.07. The molecule has 2 aromatic carbocycles. The molecule has 0 fully saturated rings. The number of anilines is 2. The first-order valence-corrected chi connectivity index (χ1v) is 6.79. The van der Waals surface area contributed by atoms with Gasteiger partial charge in [-0.2, -0.15) is 0 Å². The quantitative estimate of drug-likeness (QED) is 0.672. The van der Waals surface area contributed by atoms with Crippen molar-refractivity contribution >= 4 is 28.7 Å². The van der Waals surface area contributed by atoms with Gasteiger partial charge in [-0.25, -0.2) is 0 Å². The smallest absolute Gasteiger partial charge is 0.270 e. The van der Waals surface area contributed by atoms with Gasteiger partial charge in [0.25, 0.3) is 5.69 Å². The van der Waals surface area contributed by atoms with Crippen LogP contribution >= 0.6 is 11.6 Å². The number of nitrogens with one attached hydrogen (secondary N) is 1. The highest BCUT2D eigenvalue weighted by Gasteiger charge is 2.09. The molecule has 0 aromatic heterocycles. The summed E-state index contributed by atoms with van der Waals surface area (Å²) in [6.45, 7) is 0.508. The molecular weight excluding hydrogens is 290 g/mol. The predicted molar refractivity (Wildman–Crippen MR) is 86.2 cm³/mol. The van der Waals surface area contributed by atoms with Crippen LogP contribution in [0, 0.1) is 10.1 Å².